The van der Waals surface area contributed by atoms with Crippen molar-refractivity contribution >= 4 is 19.8 Å². The van der Waals surface area contributed by atoms with Gasteiger partial charge in [-0.1, -0.05) is 126 Å². The topological polar surface area (TPSA) is 140 Å². The van der Waals surface area contributed by atoms with Crippen molar-refractivity contribution in [2.45, 2.75) is 135 Å². The van der Waals surface area contributed by atoms with Crippen LogP contribution in [-0.4, -0.2) is 52.3 Å². The van der Waals surface area contributed by atoms with Gasteiger partial charge in [-0.15, -0.1) is 0 Å². The van der Waals surface area contributed by atoms with Crippen LogP contribution in [0.1, 0.15) is 123 Å². The number of aliphatic hydroxyl groups excluding tert-OH is 1. The number of rotatable bonds is 29. The SMILES string of the molecule is CC/C=C\C(O)C/C=C/C=C\C/C=C\C/C=C\CCCC(=O)O[C@H](COC(=O)CCCCCCCCCCC)COP(=O)(O)O. The van der Waals surface area contributed by atoms with Gasteiger partial charge in [-0.25, -0.2) is 4.57 Å². The zero-order valence-electron chi connectivity index (χ0n) is 27.6. The van der Waals surface area contributed by atoms with E-state index in [2.05, 4.69) is 23.6 Å². The smallest absolute Gasteiger partial charge is 0.462 e. The zero-order valence-corrected chi connectivity index (χ0v) is 28.5. The van der Waals surface area contributed by atoms with Gasteiger partial charge in [0, 0.05) is 12.8 Å². The van der Waals surface area contributed by atoms with Crippen molar-refractivity contribution in [1.82, 2.24) is 0 Å². The third kappa shape index (κ3) is 32.9. The summed E-state index contributed by atoms with van der Waals surface area (Å²) in [5.41, 5.74) is 0. The van der Waals surface area contributed by atoms with E-state index in [1.165, 1.54) is 32.1 Å². The fourth-order valence-corrected chi connectivity index (χ4v) is 4.49. The van der Waals surface area contributed by atoms with Crippen LogP contribution < -0.4 is 0 Å². The number of allylic oxidation sites excluding steroid dienone is 8. The fourth-order valence-electron chi connectivity index (χ4n) is 4.13. The summed E-state index contributed by atoms with van der Waals surface area (Å²) in [6.45, 7) is 3.34. The first-order valence-corrected chi connectivity index (χ1v) is 18.2. The fraction of sp³-hybridized carbons (Fsp3) is 0.657. The van der Waals surface area contributed by atoms with E-state index in [4.69, 9.17) is 19.3 Å². The number of ether oxygens (including phenoxy) is 2. The van der Waals surface area contributed by atoms with Crippen molar-refractivity contribution in [1.29, 1.82) is 0 Å². The average Bonchev–Trinajstić information content (AvgIpc) is 3.00. The number of carbonyl (C=O) groups excluding carboxylic acids is 2. The lowest BCUT2D eigenvalue weighted by atomic mass is 10.1. The van der Waals surface area contributed by atoms with Crippen LogP contribution in [0, 0.1) is 0 Å². The molecule has 10 heteroatoms. The van der Waals surface area contributed by atoms with Gasteiger partial charge in [0.2, 0.25) is 0 Å². The molecule has 258 valence electrons. The van der Waals surface area contributed by atoms with Crippen LogP contribution in [0.25, 0.3) is 0 Å². The molecule has 0 aromatic carbocycles. The molecule has 0 spiro atoms. The van der Waals surface area contributed by atoms with Gasteiger partial charge in [-0.05, 0) is 44.9 Å². The van der Waals surface area contributed by atoms with Gasteiger partial charge >= 0.3 is 19.8 Å². The van der Waals surface area contributed by atoms with Crippen molar-refractivity contribution < 1.29 is 43.0 Å². The van der Waals surface area contributed by atoms with Crippen LogP contribution >= 0.6 is 7.82 Å². The van der Waals surface area contributed by atoms with Gasteiger partial charge in [0.1, 0.15) is 6.61 Å². The number of phosphoric ester groups is 1. The van der Waals surface area contributed by atoms with E-state index in [1.54, 1.807) is 6.08 Å². The highest BCUT2D eigenvalue weighted by Gasteiger charge is 2.22. The Labute approximate surface area is 271 Å². The molecule has 0 aliphatic carbocycles. The minimum Gasteiger partial charge on any atom is -0.462 e. The molecular formula is C35H59O9P. The molecule has 0 rings (SSSR count). The lowest BCUT2D eigenvalue weighted by Crippen LogP contribution is -2.29. The number of unbranched alkanes of at least 4 members (excludes halogenated alkanes) is 9. The lowest BCUT2D eigenvalue weighted by Gasteiger charge is -2.18. The van der Waals surface area contributed by atoms with Crippen LogP contribution in [-0.2, 0) is 28.2 Å². The van der Waals surface area contributed by atoms with Crippen LogP contribution in [0.5, 0.6) is 0 Å². The largest absolute Gasteiger partial charge is 0.469 e. The highest BCUT2D eigenvalue weighted by Crippen LogP contribution is 2.35. The first-order chi connectivity index (χ1) is 21.7. The Morgan fingerprint density at radius 3 is 1.98 bits per heavy atom. The minimum atomic E-state index is -4.77. The van der Waals surface area contributed by atoms with Gasteiger partial charge in [0.05, 0.1) is 12.7 Å². The van der Waals surface area contributed by atoms with Crippen LogP contribution in [0.4, 0.5) is 0 Å². The van der Waals surface area contributed by atoms with Gasteiger partial charge in [0.25, 0.3) is 0 Å². The highest BCUT2D eigenvalue weighted by molar-refractivity contribution is 7.46. The summed E-state index contributed by atoms with van der Waals surface area (Å²) in [5, 5.41) is 9.71. The monoisotopic (exact) mass is 654 g/mol. The maximum atomic E-state index is 12.3. The molecule has 1 unspecified atom stereocenters. The quantitative estimate of drug-likeness (QED) is 0.0239. The molecule has 0 aromatic heterocycles. The van der Waals surface area contributed by atoms with Crippen LogP contribution in [0.2, 0.25) is 0 Å². The Balaban J connectivity index is 4.19. The molecule has 0 heterocycles. The Morgan fingerprint density at radius 1 is 0.711 bits per heavy atom. The van der Waals surface area contributed by atoms with Crippen LogP contribution in [0.15, 0.2) is 60.8 Å². The molecule has 0 bridgehead atoms. The molecule has 0 saturated heterocycles. The van der Waals surface area contributed by atoms with Crippen molar-refractivity contribution in [3.8, 4) is 0 Å². The zero-order chi connectivity index (χ0) is 33.4. The second kappa shape index (κ2) is 30.4. The predicted molar refractivity (Wildman–Crippen MR) is 180 cm³/mol. The second-order valence-corrected chi connectivity index (χ2v) is 12.2. The summed E-state index contributed by atoms with van der Waals surface area (Å²) < 4.78 is 26.1. The Kier molecular flexibility index (Phi) is 28.8. The Hall–Kier alpha value is -2.29. The molecule has 3 N–H and O–H groups in total. The van der Waals surface area contributed by atoms with Gasteiger partial charge in [0.15, 0.2) is 6.10 Å². The molecule has 0 amide bonds. The predicted octanol–water partition coefficient (Wildman–Crippen LogP) is 8.36. The third-order valence-corrected chi connectivity index (χ3v) is 7.11. The van der Waals surface area contributed by atoms with E-state index in [0.29, 0.717) is 25.7 Å². The van der Waals surface area contributed by atoms with Crippen molar-refractivity contribution in [3.05, 3.63) is 60.8 Å². The Morgan fingerprint density at radius 2 is 1.31 bits per heavy atom. The molecule has 9 nitrogen and oxygen atoms in total. The van der Waals surface area contributed by atoms with E-state index in [-0.39, 0.29) is 19.4 Å². The maximum absolute atomic E-state index is 12.3. The van der Waals surface area contributed by atoms with Crippen molar-refractivity contribution in [3.63, 3.8) is 0 Å². The van der Waals surface area contributed by atoms with E-state index in [0.717, 1.165) is 38.5 Å². The molecule has 0 aliphatic rings. The minimum absolute atomic E-state index is 0.114. The standard InChI is InChI=1S/C35H59O9P/c1-3-5-7-8-9-14-18-21-24-28-34(37)42-30-33(31-43-45(39,40)41)44-35(38)29-25-22-19-16-13-11-10-12-15-17-20-23-27-32(36)26-6-4-2/h6,10-11,15-17,19-20,23,26,32-33,36H,3-5,7-9,12-14,18,21-22,24-25,27-31H2,1-2H3,(H2,39,40,41)/b11-10-,17-15-,19-16-,23-20+,26-6-/t32?,33-/m1/s1. The summed E-state index contributed by atoms with van der Waals surface area (Å²) >= 11 is 0. The van der Waals surface area contributed by atoms with E-state index in [9.17, 15) is 19.3 Å². The number of phosphoric acid groups is 1. The van der Waals surface area contributed by atoms with Gasteiger partial charge < -0.3 is 24.4 Å². The molecule has 0 saturated carbocycles. The average molecular weight is 655 g/mol. The first kappa shape index (κ1) is 42.7. The summed E-state index contributed by atoms with van der Waals surface area (Å²) in [6.07, 6.45) is 33.0. The molecule has 0 aromatic rings. The number of aliphatic hydroxyl groups is 1. The molecule has 0 aliphatic heterocycles. The third-order valence-electron chi connectivity index (χ3n) is 6.63. The maximum Gasteiger partial charge on any atom is 0.469 e. The van der Waals surface area contributed by atoms with Crippen molar-refractivity contribution in [2.75, 3.05) is 13.2 Å². The van der Waals surface area contributed by atoms with E-state index < -0.39 is 38.6 Å². The van der Waals surface area contributed by atoms with E-state index in [1.807, 2.05) is 49.5 Å². The summed E-state index contributed by atoms with van der Waals surface area (Å²) in [5.74, 6) is -0.987. The Bertz CT molecular complexity index is 933. The first-order valence-electron chi connectivity index (χ1n) is 16.7. The second-order valence-electron chi connectivity index (χ2n) is 11.0. The normalized spacial score (nSPS) is 14.0. The number of hydrogen-bond acceptors (Lipinski definition) is 7. The summed E-state index contributed by atoms with van der Waals surface area (Å²) in [6, 6.07) is 0. The summed E-state index contributed by atoms with van der Waals surface area (Å²) in [4.78, 5) is 42.4. The molecule has 0 radical (unpaired) electrons. The van der Waals surface area contributed by atoms with Gasteiger partial charge in [-0.2, -0.15) is 0 Å². The molecular weight excluding hydrogens is 595 g/mol. The highest BCUT2D eigenvalue weighted by atomic mass is 31.2. The molecule has 0 fully saturated rings. The molecule has 45 heavy (non-hydrogen) atoms. The number of hydrogen-bond donors (Lipinski definition) is 3. The summed E-state index contributed by atoms with van der Waals surface area (Å²) in [7, 11) is -4.77. The van der Waals surface area contributed by atoms with Crippen molar-refractivity contribution in [2.24, 2.45) is 0 Å². The van der Waals surface area contributed by atoms with Gasteiger partial charge in [-0.3, -0.25) is 14.1 Å². The lowest BCUT2D eigenvalue weighted by molar-refractivity contribution is -0.161. The number of carbonyl (C=O) groups is 2. The van der Waals surface area contributed by atoms with Crippen LogP contribution in [0.3, 0.4) is 0 Å². The van der Waals surface area contributed by atoms with E-state index >= 15 is 0 Å². The number of esters is 2. The molecule has 2 atom stereocenters.